The standard InChI is InChI=1S/C19H10F4N2.C16H11F3N2.C15H12F2N2.C11H10F2N2.2Ir/c20-12-5-7-16(14(22)9-12)24-11-25(19-4-2-1-3-18(19)24)17-8-6-13(21)10-15(17)23;1-11-2-4-15(13(18)8-11)20-6-7-21(10-20)16-5-3-12(17)9-14(16)19;1-18-12-4-2-3-5-13(12)19-14(18)7-9-6-10(16)8-11(17)15(9)19;1-14-2-3-15-10(14)5-7-4-8(12)6-9(13)11(7)15;;/h1-7,9-11H;2-4,6-10H,1H3;2-6,8,14H,7H2,1H3;2-4,6,10H,5H2,1H3;;/q2*-2;;;;. The van der Waals surface area contributed by atoms with E-state index in [9.17, 15) is 48.3 Å². The van der Waals surface area contributed by atoms with Crippen LogP contribution < -0.4 is 34.3 Å². The molecule has 0 amide bonds. The van der Waals surface area contributed by atoms with Crippen LogP contribution in [0, 0.1) is 96.4 Å². The van der Waals surface area contributed by atoms with Gasteiger partial charge in [0.1, 0.15) is 53.1 Å². The predicted molar refractivity (Wildman–Crippen MR) is 285 cm³/mol. The van der Waals surface area contributed by atoms with Crippen LogP contribution in [0.4, 0.5) is 105 Å². The van der Waals surface area contributed by atoms with Crippen LogP contribution in [0.3, 0.4) is 0 Å². The normalized spacial score (nSPS) is 16.2. The maximum atomic E-state index is 14.2. The monoisotopic (exact) mass is 1480 g/mol. The van der Waals surface area contributed by atoms with E-state index < -0.39 is 58.2 Å². The molecule has 6 aliphatic rings. The summed E-state index contributed by atoms with van der Waals surface area (Å²) in [4.78, 5) is 13.8. The summed E-state index contributed by atoms with van der Waals surface area (Å²) < 4.78 is 149. The number of anilines is 10. The minimum atomic E-state index is -0.799. The molecule has 426 valence electrons. The molecule has 8 aromatic rings. The molecule has 8 nitrogen and oxygen atoms in total. The first kappa shape index (κ1) is 58.8. The molecule has 14 rings (SSSR count). The Balaban J connectivity index is 0.000000132. The maximum absolute atomic E-state index is 14.2. The first-order valence-electron chi connectivity index (χ1n) is 24.7. The summed E-state index contributed by atoms with van der Waals surface area (Å²) in [5, 5.41) is 0. The number of halogens is 11. The molecular weight excluding hydrogens is 1440 g/mol. The van der Waals surface area contributed by atoms with Gasteiger partial charge < -0.3 is 39.2 Å². The number of aryl methyl sites for hydroxylation is 1. The third kappa shape index (κ3) is 11.3. The first-order chi connectivity index (χ1) is 38.4. The molecule has 0 aromatic heterocycles. The third-order valence-corrected chi connectivity index (χ3v) is 14.0. The van der Waals surface area contributed by atoms with Crippen molar-refractivity contribution < 1.29 is 88.5 Å². The summed E-state index contributed by atoms with van der Waals surface area (Å²) in [5.41, 5.74) is 7.07. The van der Waals surface area contributed by atoms with Crippen LogP contribution in [-0.4, -0.2) is 31.3 Å². The minimum Gasteiger partial charge on any atom is -0.498 e. The average molecular weight is 1480 g/mol. The predicted octanol–water partition coefficient (Wildman–Crippen LogP) is 15.1. The number of fused-ring (bicyclic) bond motifs is 9. The fourth-order valence-electron chi connectivity index (χ4n) is 10.4. The van der Waals surface area contributed by atoms with Crippen LogP contribution in [-0.2, 0) is 53.1 Å². The van der Waals surface area contributed by atoms with E-state index in [1.54, 1.807) is 55.7 Å². The van der Waals surface area contributed by atoms with Crippen LogP contribution in [0.2, 0.25) is 0 Å². The molecule has 0 N–H and O–H groups in total. The van der Waals surface area contributed by atoms with Crippen molar-refractivity contribution in [2.45, 2.75) is 32.1 Å². The summed E-state index contributed by atoms with van der Waals surface area (Å²) >= 11 is 0. The van der Waals surface area contributed by atoms with Crippen molar-refractivity contribution in [2.24, 2.45) is 0 Å². The van der Waals surface area contributed by atoms with E-state index in [1.165, 1.54) is 57.2 Å². The van der Waals surface area contributed by atoms with Gasteiger partial charge in [0.2, 0.25) is 0 Å². The van der Waals surface area contributed by atoms with Gasteiger partial charge in [-0.3, -0.25) is 17.6 Å². The molecule has 8 aromatic carbocycles. The SMILES string of the molecule is CN1C=CN2c3c(F)cc(F)cc3CC12.CN1c2ccccc2N2c3c(F)cc(F)cc3CC12.Cc1ccc(N2C=CN(c3[c-]cc(F)cc3F)[CH-]2)c(F)c1.Fc1c[c-]c(N2[CH-]N(c3ccc(F)cc3F)c3ccccc32)c(F)c1.[Ir].[Ir]. The smallest absolute Gasteiger partial charge is 0.150 e. The molecular formula is C61H43F11Ir2N8-4. The van der Waals surface area contributed by atoms with Gasteiger partial charge in [0.05, 0.1) is 22.7 Å². The Labute approximate surface area is 492 Å². The number of likely N-dealkylation sites (N-methyl/N-ethyl adjacent to an activating group) is 2. The fourth-order valence-corrected chi connectivity index (χ4v) is 10.4. The zero-order chi connectivity index (χ0) is 56.3. The summed E-state index contributed by atoms with van der Waals surface area (Å²) in [6.07, 6.45) is 8.31. The zero-order valence-electron chi connectivity index (χ0n) is 43.1. The minimum absolute atomic E-state index is 0. The molecule has 82 heavy (non-hydrogen) atoms. The fraction of sp³-hybridized carbons (Fsp3) is 0.115. The molecule has 0 saturated heterocycles. The number of hydrogen-bond donors (Lipinski definition) is 0. The van der Waals surface area contributed by atoms with Crippen LogP contribution in [0.1, 0.15) is 16.7 Å². The van der Waals surface area contributed by atoms with Gasteiger partial charge in [0, 0.05) is 144 Å². The maximum Gasteiger partial charge on any atom is 0.150 e. The number of benzene rings is 8. The molecule has 0 bridgehead atoms. The zero-order valence-corrected chi connectivity index (χ0v) is 47.9. The molecule has 0 fully saturated rings. The topological polar surface area (TPSA) is 25.9 Å². The first-order valence-corrected chi connectivity index (χ1v) is 24.7. The number of nitrogens with zero attached hydrogens (tertiary/aromatic N) is 8. The second kappa shape index (κ2) is 23.9. The number of rotatable bonds is 4. The van der Waals surface area contributed by atoms with Gasteiger partial charge in [-0.05, 0) is 96.7 Å². The van der Waals surface area contributed by atoms with Crippen molar-refractivity contribution in [1.82, 2.24) is 4.90 Å². The number of hydrogen-bond acceptors (Lipinski definition) is 8. The Hall–Kier alpha value is -7.83. The van der Waals surface area contributed by atoms with Gasteiger partial charge >= 0.3 is 0 Å². The van der Waals surface area contributed by atoms with Gasteiger partial charge in [0.15, 0.2) is 0 Å². The van der Waals surface area contributed by atoms with Gasteiger partial charge in [0.25, 0.3) is 0 Å². The molecule has 0 aliphatic carbocycles. The molecule has 0 spiro atoms. The van der Waals surface area contributed by atoms with E-state index in [4.69, 9.17) is 0 Å². The van der Waals surface area contributed by atoms with Gasteiger partial charge in [-0.2, -0.15) is 12.1 Å². The van der Waals surface area contributed by atoms with Crippen molar-refractivity contribution in [3.63, 3.8) is 0 Å². The van der Waals surface area contributed by atoms with Gasteiger partial charge in [-0.25, -0.2) is 30.7 Å². The van der Waals surface area contributed by atoms with Crippen LogP contribution in [0.15, 0.2) is 158 Å². The number of para-hydroxylation sites is 4. The van der Waals surface area contributed by atoms with Crippen molar-refractivity contribution in [3.8, 4) is 0 Å². The molecule has 2 radical (unpaired) electrons. The summed E-state index contributed by atoms with van der Waals surface area (Å²) in [7, 11) is 3.92. The van der Waals surface area contributed by atoms with E-state index in [2.05, 4.69) is 17.0 Å². The van der Waals surface area contributed by atoms with E-state index in [0.717, 1.165) is 76.6 Å². The van der Waals surface area contributed by atoms with Gasteiger partial charge in [-0.1, -0.05) is 41.7 Å². The Morgan fingerprint density at radius 2 is 0.951 bits per heavy atom. The second-order valence-corrected chi connectivity index (χ2v) is 19.2. The Morgan fingerprint density at radius 1 is 0.427 bits per heavy atom. The molecule has 0 saturated carbocycles. The van der Waals surface area contributed by atoms with E-state index in [-0.39, 0.29) is 75.4 Å². The molecule has 6 aliphatic heterocycles. The van der Waals surface area contributed by atoms with E-state index >= 15 is 0 Å². The Morgan fingerprint density at radius 3 is 1.59 bits per heavy atom. The quantitative estimate of drug-likeness (QED) is 0.127. The Kier molecular flexibility index (Phi) is 17.2. The average Bonchev–Trinajstić information content (AvgIpc) is 4.34. The van der Waals surface area contributed by atoms with E-state index in [1.807, 2.05) is 65.5 Å². The molecule has 2 atom stereocenters. The van der Waals surface area contributed by atoms with E-state index in [0.29, 0.717) is 41.3 Å². The largest absolute Gasteiger partial charge is 0.498 e. The van der Waals surface area contributed by atoms with Crippen LogP contribution in [0.5, 0.6) is 0 Å². The molecule has 2 unspecified atom stereocenters. The van der Waals surface area contributed by atoms with Gasteiger partial charge in [-0.15, -0.1) is 37.6 Å². The van der Waals surface area contributed by atoms with Crippen LogP contribution >= 0.6 is 0 Å². The summed E-state index contributed by atoms with van der Waals surface area (Å²) in [5.74, 6) is -6.76. The summed E-state index contributed by atoms with van der Waals surface area (Å²) in [6.45, 7) is 4.75. The Bertz CT molecular complexity index is 3640. The molecule has 21 heteroatoms. The molecule has 6 heterocycles. The summed E-state index contributed by atoms with van der Waals surface area (Å²) in [6, 6.07) is 36.3. The second-order valence-electron chi connectivity index (χ2n) is 19.2. The van der Waals surface area contributed by atoms with Crippen molar-refractivity contribution in [1.29, 1.82) is 0 Å². The third-order valence-electron chi connectivity index (χ3n) is 14.0. The van der Waals surface area contributed by atoms with Crippen molar-refractivity contribution in [3.05, 3.63) is 264 Å². The van der Waals surface area contributed by atoms with Crippen molar-refractivity contribution >= 4 is 56.9 Å². The van der Waals surface area contributed by atoms with Crippen molar-refractivity contribution in [2.75, 3.05) is 48.4 Å². The van der Waals surface area contributed by atoms with Crippen LogP contribution in [0.25, 0.3) is 0 Å².